The second-order valence-electron chi connectivity index (χ2n) is 4.73. The molecule has 2 aromatic rings. The molecule has 0 fully saturated rings. The molecule has 1 aromatic carbocycles. The van der Waals surface area contributed by atoms with Gasteiger partial charge in [0, 0.05) is 23.4 Å². The molecule has 1 unspecified atom stereocenters. The molecule has 1 aromatic heterocycles. The van der Waals surface area contributed by atoms with Gasteiger partial charge in [-0.25, -0.2) is 0 Å². The maximum Gasteiger partial charge on any atom is 0.174 e. The summed E-state index contributed by atoms with van der Waals surface area (Å²) >= 11 is 5.00. The average molecular weight is 258 g/mol. The van der Waals surface area contributed by atoms with Gasteiger partial charge in [0.25, 0.3) is 0 Å². The molecule has 1 atom stereocenters. The largest absolute Gasteiger partial charge is 0.337 e. The molecule has 4 heteroatoms. The summed E-state index contributed by atoms with van der Waals surface area (Å²) < 4.78 is 0.619. The molecule has 0 saturated heterocycles. The summed E-state index contributed by atoms with van der Waals surface area (Å²) in [6.45, 7) is 0. The molecule has 92 valence electrons. The van der Waals surface area contributed by atoms with Crippen LogP contribution in [0, 0.1) is 10.7 Å². The van der Waals surface area contributed by atoms with Gasteiger partial charge in [-0.1, -0.05) is 24.3 Å². The van der Waals surface area contributed by atoms with Crippen molar-refractivity contribution in [3.63, 3.8) is 0 Å². The van der Waals surface area contributed by atoms with Gasteiger partial charge in [-0.15, -0.1) is 0 Å². The Morgan fingerprint density at radius 3 is 2.94 bits per heavy atom. The van der Waals surface area contributed by atoms with Gasteiger partial charge >= 0.3 is 0 Å². The zero-order chi connectivity index (χ0) is 12.5. The normalized spacial score (nSPS) is 18.7. The van der Waals surface area contributed by atoms with Crippen molar-refractivity contribution in [2.45, 2.75) is 19.3 Å². The first kappa shape index (κ1) is 11.4. The van der Waals surface area contributed by atoms with Crippen molar-refractivity contribution in [1.82, 2.24) is 9.97 Å². The van der Waals surface area contributed by atoms with Crippen LogP contribution in [0.5, 0.6) is 0 Å². The number of H-pyrrole nitrogens is 2. The van der Waals surface area contributed by atoms with Crippen LogP contribution >= 0.6 is 12.2 Å². The molecule has 3 rings (SSSR count). The highest BCUT2D eigenvalue weighted by Crippen LogP contribution is 2.27. The number of rotatable bonds is 2. The molecular formula is C14H14N2OS. The SMILES string of the molecule is O=C1c2ccccc2CCC1Cc1c[nH]c(=S)[nH]1. The van der Waals surface area contributed by atoms with Gasteiger partial charge in [-0.3, -0.25) is 4.79 Å². The molecule has 0 aliphatic heterocycles. The number of imidazole rings is 1. The zero-order valence-electron chi connectivity index (χ0n) is 9.90. The second-order valence-corrected chi connectivity index (χ2v) is 5.14. The van der Waals surface area contributed by atoms with E-state index in [2.05, 4.69) is 9.97 Å². The number of carbonyl (C=O) groups is 1. The minimum atomic E-state index is 0.0707. The number of ketones is 1. The van der Waals surface area contributed by atoms with Crippen molar-refractivity contribution in [2.75, 3.05) is 0 Å². The van der Waals surface area contributed by atoms with E-state index in [0.717, 1.165) is 30.5 Å². The summed E-state index contributed by atoms with van der Waals surface area (Å²) in [5.74, 6) is 0.332. The third-order valence-corrected chi connectivity index (χ3v) is 3.75. The van der Waals surface area contributed by atoms with Gasteiger partial charge < -0.3 is 9.97 Å². The van der Waals surface area contributed by atoms with Crippen molar-refractivity contribution in [3.05, 3.63) is 52.1 Å². The number of carbonyl (C=O) groups excluding carboxylic acids is 1. The van der Waals surface area contributed by atoms with Crippen LogP contribution in [0.25, 0.3) is 0 Å². The first-order valence-electron chi connectivity index (χ1n) is 6.13. The van der Waals surface area contributed by atoms with Gasteiger partial charge in [-0.05, 0) is 37.0 Å². The van der Waals surface area contributed by atoms with Crippen molar-refractivity contribution in [3.8, 4) is 0 Å². The number of Topliss-reactive ketones (excluding diaryl/α,β-unsaturated/α-hetero) is 1. The number of aromatic nitrogens is 2. The number of aromatic amines is 2. The predicted molar refractivity (Wildman–Crippen MR) is 72.3 cm³/mol. The van der Waals surface area contributed by atoms with Crippen LogP contribution in [0.4, 0.5) is 0 Å². The third-order valence-electron chi connectivity index (χ3n) is 3.53. The van der Waals surface area contributed by atoms with Gasteiger partial charge in [0.1, 0.15) is 0 Å². The fourth-order valence-corrected chi connectivity index (χ4v) is 2.79. The van der Waals surface area contributed by atoms with E-state index < -0.39 is 0 Å². The quantitative estimate of drug-likeness (QED) is 0.813. The third kappa shape index (κ3) is 2.04. The number of hydrogen-bond donors (Lipinski definition) is 2. The first-order valence-corrected chi connectivity index (χ1v) is 6.53. The van der Waals surface area contributed by atoms with Crippen LogP contribution < -0.4 is 0 Å². The molecule has 1 heterocycles. The number of benzene rings is 1. The fraction of sp³-hybridized carbons (Fsp3) is 0.286. The predicted octanol–water partition coefficient (Wildman–Crippen LogP) is 3.06. The Hall–Kier alpha value is -1.68. The summed E-state index contributed by atoms with van der Waals surface area (Å²) in [4.78, 5) is 18.4. The fourth-order valence-electron chi connectivity index (χ4n) is 2.60. The van der Waals surface area contributed by atoms with Crippen molar-refractivity contribution >= 4 is 18.0 Å². The molecule has 0 saturated carbocycles. The summed E-state index contributed by atoms with van der Waals surface area (Å²) in [5, 5.41) is 0. The maximum absolute atomic E-state index is 12.4. The number of fused-ring (bicyclic) bond motifs is 1. The summed E-state index contributed by atoms with van der Waals surface area (Å²) in [7, 11) is 0. The highest BCUT2D eigenvalue weighted by Gasteiger charge is 2.27. The molecule has 0 spiro atoms. The highest BCUT2D eigenvalue weighted by atomic mass is 32.1. The summed E-state index contributed by atoms with van der Waals surface area (Å²) in [5.41, 5.74) is 3.08. The Labute approximate surface area is 110 Å². The van der Waals surface area contributed by atoms with Crippen LogP contribution in [0.2, 0.25) is 0 Å². The molecule has 0 bridgehead atoms. The van der Waals surface area contributed by atoms with Crippen LogP contribution in [0.15, 0.2) is 30.5 Å². The Morgan fingerprint density at radius 1 is 1.33 bits per heavy atom. The van der Waals surface area contributed by atoms with E-state index in [1.165, 1.54) is 5.56 Å². The Bertz CT molecular complexity index is 641. The lowest BCUT2D eigenvalue weighted by atomic mass is 9.81. The Balaban J connectivity index is 1.84. The van der Waals surface area contributed by atoms with E-state index in [0.29, 0.717) is 4.77 Å². The standard InChI is InChI=1S/C14H14N2OS/c17-13-10(7-11-8-15-14(18)16-11)6-5-9-3-1-2-4-12(9)13/h1-4,8,10H,5-7H2,(H2,15,16,18). The lowest BCUT2D eigenvalue weighted by Crippen LogP contribution is -2.24. The molecule has 0 amide bonds. The molecule has 18 heavy (non-hydrogen) atoms. The lowest BCUT2D eigenvalue weighted by molar-refractivity contribution is 0.0900. The van der Waals surface area contributed by atoms with Crippen LogP contribution in [0.3, 0.4) is 0 Å². The van der Waals surface area contributed by atoms with E-state index in [1.807, 2.05) is 30.5 Å². The smallest absolute Gasteiger partial charge is 0.174 e. The Kier molecular flexibility index (Phi) is 2.88. The minimum absolute atomic E-state index is 0.0707. The number of aryl methyl sites for hydroxylation is 1. The van der Waals surface area contributed by atoms with Crippen LogP contribution in [-0.2, 0) is 12.8 Å². The molecule has 3 nitrogen and oxygen atoms in total. The molecule has 1 aliphatic carbocycles. The van der Waals surface area contributed by atoms with E-state index >= 15 is 0 Å². The van der Waals surface area contributed by atoms with Crippen LogP contribution in [0.1, 0.15) is 28.0 Å². The lowest BCUT2D eigenvalue weighted by Gasteiger charge is -2.22. The first-order chi connectivity index (χ1) is 8.74. The Morgan fingerprint density at radius 2 is 2.17 bits per heavy atom. The van der Waals surface area contributed by atoms with Crippen molar-refractivity contribution in [1.29, 1.82) is 0 Å². The highest BCUT2D eigenvalue weighted by molar-refractivity contribution is 7.71. The molecule has 2 N–H and O–H groups in total. The molecule has 1 aliphatic rings. The number of hydrogen-bond acceptors (Lipinski definition) is 2. The van der Waals surface area contributed by atoms with E-state index in [9.17, 15) is 4.79 Å². The second kappa shape index (κ2) is 4.53. The topological polar surface area (TPSA) is 48.6 Å². The van der Waals surface area contributed by atoms with E-state index in [-0.39, 0.29) is 11.7 Å². The van der Waals surface area contributed by atoms with Crippen LogP contribution in [-0.4, -0.2) is 15.8 Å². The van der Waals surface area contributed by atoms with Gasteiger partial charge in [0.05, 0.1) is 0 Å². The van der Waals surface area contributed by atoms with E-state index in [4.69, 9.17) is 12.2 Å². The zero-order valence-corrected chi connectivity index (χ0v) is 10.7. The average Bonchev–Trinajstić information content (AvgIpc) is 2.79. The number of nitrogens with one attached hydrogen (secondary N) is 2. The van der Waals surface area contributed by atoms with Gasteiger partial charge in [0.15, 0.2) is 10.6 Å². The van der Waals surface area contributed by atoms with Gasteiger partial charge in [0.2, 0.25) is 0 Å². The maximum atomic E-state index is 12.4. The van der Waals surface area contributed by atoms with E-state index in [1.54, 1.807) is 0 Å². The van der Waals surface area contributed by atoms with Crippen molar-refractivity contribution < 1.29 is 4.79 Å². The minimum Gasteiger partial charge on any atom is -0.337 e. The van der Waals surface area contributed by atoms with Gasteiger partial charge in [-0.2, -0.15) is 0 Å². The van der Waals surface area contributed by atoms with Crippen molar-refractivity contribution in [2.24, 2.45) is 5.92 Å². The summed E-state index contributed by atoms with van der Waals surface area (Å²) in [6, 6.07) is 7.91. The molecular weight excluding hydrogens is 244 g/mol. The monoisotopic (exact) mass is 258 g/mol. The summed E-state index contributed by atoms with van der Waals surface area (Å²) in [6.07, 6.45) is 4.50. The molecule has 0 radical (unpaired) electrons.